The Kier molecular flexibility index (Phi) is 7.70. The Morgan fingerprint density at radius 3 is 2.16 bits per heavy atom. The molecule has 0 radical (unpaired) electrons. The number of ketones is 2. The summed E-state index contributed by atoms with van der Waals surface area (Å²) in [7, 11) is 1.58. The van der Waals surface area contributed by atoms with Crippen LogP contribution < -0.4 is 9.47 Å². The summed E-state index contributed by atoms with van der Waals surface area (Å²) in [5.74, 6) is -0.234. The summed E-state index contributed by atoms with van der Waals surface area (Å²) in [5, 5.41) is 9.36. The van der Waals surface area contributed by atoms with Crippen molar-refractivity contribution in [3.63, 3.8) is 0 Å². The summed E-state index contributed by atoms with van der Waals surface area (Å²) >= 11 is 3.44. The van der Waals surface area contributed by atoms with E-state index >= 15 is 0 Å². The number of rotatable bonds is 8. The second kappa shape index (κ2) is 11.2. The number of nitrogens with zero attached hydrogens (tertiary/aromatic N) is 1. The third-order valence-electron chi connectivity index (χ3n) is 7.46. The molecule has 0 aromatic heterocycles. The van der Waals surface area contributed by atoms with Gasteiger partial charge in [-0.1, -0.05) is 34.1 Å². The maximum absolute atomic E-state index is 13.4. The highest BCUT2D eigenvalue weighted by molar-refractivity contribution is 9.10. The highest BCUT2D eigenvalue weighted by atomic mass is 79.9. The fourth-order valence-electron chi connectivity index (χ4n) is 5.75. The maximum atomic E-state index is 13.4. The van der Waals surface area contributed by atoms with E-state index in [0.717, 1.165) is 39.8 Å². The normalized spacial score (nSPS) is 17.9. The first-order valence-corrected chi connectivity index (χ1v) is 13.7. The van der Waals surface area contributed by atoms with Gasteiger partial charge < -0.3 is 19.5 Å². The van der Waals surface area contributed by atoms with E-state index in [9.17, 15) is 19.5 Å². The monoisotopic (exact) mass is 579 g/mol. The van der Waals surface area contributed by atoms with Gasteiger partial charge in [0.2, 0.25) is 0 Å². The van der Waals surface area contributed by atoms with Gasteiger partial charge in [0.05, 0.1) is 13.5 Å². The second-order valence-corrected chi connectivity index (χ2v) is 10.7. The SMILES string of the molecule is COc1cc(C2C3=C(CCCC3=O)N(CCC(=O)O)C3=C2C(=O)CCC3)ccc1OCc1ccc(Br)cc1. The van der Waals surface area contributed by atoms with Crippen molar-refractivity contribution in [3.8, 4) is 11.5 Å². The Morgan fingerprint density at radius 2 is 1.58 bits per heavy atom. The van der Waals surface area contributed by atoms with Crippen molar-refractivity contribution in [1.82, 2.24) is 4.90 Å². The third kappa shape index (κ3) is 5.14. The lowest BCUT2D eigenvalue weighted by Crippen LogP contribution is -2.39. The molecule has 2 aromatic rings. The minimum atomic E-state index is -0.899. The lowest BCUT2D eigenvalue weighted by Gasteiger charge is -2.44. The topological polar surface area (TPSA) is 93.1 Å². The van der Waals surface area contributed by atoms with Crippen molar-refractivity contribution in [2.75, 3.05) is 13.7 Å². The molecule has 8 heteroatoms. The fraction of sp³-hybridized carbons (Fsp3) is 0.367. The molecule has 38 heavy (non-hydrogen) atoms. The van der Waals surface area contributed by atoms with Crippen molar-refractivity contribution >= 4 is 33.5 Å². The van der Waals surface area contributed by atoms with Gasteiger partial charge in [0, 0.05) is 52.3 Å². The number of hydrogen-bond donors (Lipinski definition) is 1. The zero-order chi connectivity index (χ0) is 26.8. The minimum absolute atomic E-state index is 0.0241. The van der Waals surface area contributed by atoms with E-state index in [2.05, 4.69) is 15.9 Å². The molecule has 0 amide bonds. The van der Waals surface area contributed by atoms with Crippen LogP contribution in [0.2, 0.25) is 0 Å². The molecule has 0 fully saturated rings. The molecule has 0 saturated heterocycles. The molecule has 2 aliphatic carbocycles. The van der Waals surface area contributed by atoms with E-state index in [1.807, 2.05) is 47.4 Å². The van der Waals surface area contributed by atoms with Crippen molar-refractivity contribution < 1.29 is 29.0 Å². The van der Waals surface area contributed by atoms with Crippen molar-refractivity contribution in [2.24, 2.45) is 0 Å². The number of Topliss-reactive ketones (excluding diaryl/α,β-unsaturated/α-hetero) is 2. The molecule has 1 aliphatic heterocycles. The molecule has 1 N–H and O–H groups in total. The molecule has 0 bridgehead atoms. The van der Waals surface area contributed by atoms with Gasteiger partial charge in [-0.25, -0.2) is 0 Å². The van der Waals surface area contributed by atoms with Crippen LogP contribution in [-0.2, 0) is 21.0 Å². The number of carbonyl (C=O) groups excluding carboxylic acids is 2. The lowest BCUT2D eigenvalue weighted by molar-refractivity contribution is -0.137. The summed E-state index contributed by atoms with van der Waals surface area (Å²) in [6.45, 7) is 0.624. The molecular formula is C30H30BrNO6. The van der Waals surface area contributed by atoms with E-state index < -0.39 is 11.9 Å². The number of methoxy groups -OCH3 is 1. The standard InChI is InChI=1S/C30H30BrNO6/c1-37-26-16-19(10-13-25(26)38-17-18-8-11-20(31)12-9-18)28-29-21(4-2-6-23(29)33)32(15-14-27(35)36)22-5-3-7-24(34)30(22)28/h8-13,16,28H,2-7,14-15,17H2,1H3,(H,35,36). The molecule has 0 unspecified atom stereocenters. The molecule has 198 valence electrons. The highest BCUT2D eigenvalue weighted by Gasteiger charge is 2.43. The number of ether oxygens (including phenoxy) is 2. The lowest BCUT2D eigenvalue weighted by atomic mass is 9.71. The summed E-state index contributed by atoms with van der Waals surface area (Å²) < 4.78 is 12.7. The smallest absolute Gasteiger partial charge is 0.305 e. The van der Waals surface area contributed by atoms with E-state index in [4.69, 9.17) is 9.47 Å². The van der Waals surface area contributed by atoms with Crippen LogP contribution in [0.1, 0.15) is 62.0 Å². The predicted octanol–water partition coefficient (Wildman–Crippen LogP) is 5.92. The van der Waals surface area contributed by atoms with Gasteiger partial charge >= 0.3 is 5.97 Å². The number of hydrogen-bond acceptors (Lipinski definition) is 6. The van der Waals surface area contributed by atoms with Crippen LogP contribution in [0.15, 0.2) is 69.5 Å². The first-order chi connectivity index (χ1) is 18.4. The van der Waals surface area contributed by atoms with Gasteiger partial charge in [-0.15, -0.1) is 0 Å². The first kappa shape index (κ1) is 26.2. The fourth-order valence-corrected chi connectivity index (χ4v) is 6.02. The average molecular weight is 580 g/mol. The Hall–Kier alpha value is -3.39. The van der Waals surface area contributed by atoms with E-state index in [1.165, 1.54) is 0 Å². The quantitative estimate of drug-likeness (QED) is 0.414. The Labute approximate surface area is 230 Å². The summed E-state index contributed by atoms with van der Waals surface area (Å²) in [5.41, 5.74) is 4.81. The van der Waals surface area contributed by atoms with Crippen LogP contribution in [-0.4, -0.2) is 41.2 Å². The predicted molar refractivity (Wildman–Crippen MR) is 145 cm³/mol. The zero-order valence-electron chi connectivity index (χ0n) is 21.3. The number of carboxylic acids is 1. The molecule has 0 atom stereocenters. The second-order valence-electron chi connectivity index (χ2n) is 9.83. The van der Waals surface area contributed by atoms with Gasteiger partial charge in [-0.3, -0.25) is 14.4 Å². The average Bonchev–Trinajstić information content (AvgIpc) is 2.91. The molecule has 0 saturated carbocycles. The molecular weight excluding hydrogens is 550 g/mol. The number of aliphatic carboxylic acids is 1. The van der Waals surface area contributed by atoms with Crippen LogP contribution in [0.4, 0.5) is 0 Å². The minimum Gasteiger partial charge on any atom is -0.493 e. The van der Waals surface area contributed by atoms with Crippen LogP contribution in [0.3, 0.4) is 0 Å². The van der Waals surface area contributed by atoms with Gasteiger partial charge in [0.15, 0.2) is 23.1 Å². The van der Waals surface area contributed by atoms with E-state index in [0.29, 0.717) is 54.9 Å². The maximum Gasteiger partial charge on any atom is 0.305 e. The largest absolute Gasteiger partial charge is 0.493 e. The Morgan fingerprint density at radius 1 is 0.947 bits per heavy atom. The first-order valence-electron chi connectivity index (χ1n) is 12.9. The third-order valence-corrected chi connectivity index (χ3v) is 7.99. The van der Waals surface area contributed by atoms with Crippen molar-refractivity contribution in [1.29, 1.82) is 0 Å². The van der Waals surface area contributed by atoms with Gasteiger partial charge in [0.25, 0.3) is 0 Å². The summed E-state index contributed by atoms with van der Waals surface area (Å²) in [6.07, 6.45) is 3.60. The number of carboxylic acid groups (broad SMARTS) is 1. The van der Waals surface area contributed by atoms with Crippen LogP contribution >= 0.6 is 15.9 Å². The molecule has 3 aliphatic rings. The van der Waals surface area contributed by atoms with Crippen molar-refractivity contribution in [2.45, 2.75) is 57.5 Å². The Bertz CT molecular complexity index is 1300. The molecule has 1 heterocycles. The van der Waals surface area contributed by atoms with Crippen LogP contribution in [0.5, 0.6) is 11.5 Å². The summed E-state index contributed by atoms with van der Waals surface area (Å²) in [6, 6.07) is 13.5. The van der Waals surface area contributed by atoms with Gasteiger partial charge in [-0.05, 0) is 61.1 Å². The highest BCUT2D eigenvalue weighted by Crippen LogP contribution is 2.50. The number of allylic oxidation sites excluding steroid dienone is 4. The van der Waals surface area contributed by atoms with E-state index in [1.54, 1.807) is 7.11 Å². The number of carbonyl (C=O) groups is 3. The molecule has 0 spiro atoms. The van der Waals surface area contributed by atoms with Crippen molar-refractivity contribution in [3.05, 3.63) is 80.6 Å². The van der Waals surface area contributed by atoms with Gasteiger partial charge in [-0.2, -0.15) is 0 Å². The van der Waals surface area contributed by atoms with E-state index in [-0.39, 0.29) is 24.5 Å². The molecule has 7 nitrogen and oxygen atoms in total. The summed E-state index contributed by atoms with van der Waals surface area (Å²) in [4.78, 5) is 40.2. The number of benzene rings is 2. The zero-order valence-corrected chi connectivity index (χ0v) is 22.9. The molecule has 5 rings (SSSR count). The number of halogens is 1. The Balaban J connectivity index is 1.54. The van der Waals surface area contributed by atoms with Gasteiger partial charge in [0.1, 0.15) is 6.61 Å². The molecule has 2 aromatic carbocycles. The van der Waals surface area contributed by atoms with Crippen LogP contribution in [0, 0.1) is 0 Å². The van der Waals surface area contributed by atoms with Crippen LogP contribution in [0.25, 0.3) is 0 Å².